The summed E-state index contributed by atoms with van der Waals surface area (Å²) in [6.07, 6.45) is 3.02. The zero-order chi connectivity index (χ0) is 22.7. The first-order valence-electron chi connectivity index (χ1n) is 11.0. The monoisotopic (exact) mass is 459 g/mol. The number of sulfone groups is 1. The molecule has 2 aromatic rings. The molecule has 1 saturated heterocycles. The van der Waals surface area contributed by atoms with Crippen LogP contribution in [-0.4, -0.2) is 72.2 Å². The summed E-state index contributed by atoms with van der Waals surface area (Å²) in [7, 11) is 1.67. The number of likely N-dealkylation sites (tertiary alicyclic amines) is 1. The number of ether oxygens (including phenoxy) is 1. The zero-order valence-corrected chi connectivity index (χ0v) is 19.4. The minimum Gasteiger partial charge on any atom is -0.493 e. The van der Waals surface area contributed by atoms with Gasteiger partial charge in [-0.3, -0.25) is 0 Å². The van der Waals surface area contributed by atoms with Gasteiger partial charge in [-0.2, -0.15) is 0 Å². The predicted molar refractivity (Wildman–Crippen MR) is 121 cm³/mol. The van der Waals surface area contributed by atoms with E-state index in [1.54, 1.807) is 26.9 Å². The number of likely N-dealkylation sites (N-methyl/N-ethyl adjacent to an activating group) is 1. The second-order valence-corrected chi connectivity index (χ2v) is 10.5. The van der Waals surface area contributed by atoms with Gasteiger partial charge >= 0.3 is 7.62 Å². The lowest BCUT2D eigenvalue weighted by atomic mass is 9.90. The molecule has 2 atom stereocenters. The lowest BCUT2D eigenvalue weighted by Gasteiger charge is -2.28. The summed E-state index contributed by atoms with van der Waals surface area (Å²) in [5, 5.41) is 0. The lowest BCUT2D eigenvalue weighted by molar-refractivity contribution is 0.241. The SMILES string of the molecule is CO[B]N(C)C1CCN(CCC2CCOc3cc(S(=O)(=O)c4cccc(F)c4)ccc32)C1. The molecule has 1 radical (unpaired) electrons. The summed E-state index contributed by atoms with van der Waals surface area (Å²) < 4.78 is 50.4. The lowest BCUT2D eigenvalue weighted by Crippen LogP contribution is -2.38. The van der Waals surface area contributed by atoms with Crippen molar-refractivity contribution in [3.63, 3.8) is 0 Å². The van der Waals surface area contributed by atoms with Crippen molar-refractivity contribution >= 4 is 17.5 Å². The molecule has 2 heterocycles. The molecular weight excluding hydrogens is 430 g/mol. The first kappa shape index (κ1) is 23.2. The van der Waals surface area contributed by atoms with Crippen molar-refractivity contribution in [1.29, 1.82) is 0 Å². The van der Waals surface area contributed by atoms with Crippen LogP contribution in [0.25, 0.3) is 0 Å². The summed E-state index contributed by atoms with van der Waals surface area (Å²) in [6.45, 7) is 3.63. The zero-order valence-electron chi connectivity index (χ0n) is 18.5. The Labute approximate surface area is 190 Å². The number of halogens is 1. The van der Waals surface area contributed by atoms with Crippen molar-refractivity contribution in [2.75, 3.05) is 40.4 Å². The highest BCUT2D eigenvalue weighted by atomic mass is 32.2. The van der Waals surface area contributed by atoms with Gasteiger partial charge in [0.05, 0.1) is 16.4 Å². The minimum absolute atomic E-state index is 0.0518. The quantitative estimate of drug-likeness (QED) is 0.566. The summed E-state index contributed by atoms with van der Waals surface area (Å²) in [5.41, 5.74) is 1.05. The van der Waals surface area contributed by atoms with Crippen LogP contribution in [0.2, 0.25) is 0 Å². The van der Waals surface area contributed by atoms with Crippen molar-refractivity contribution in [2.45, 2.75) is 41.0 Å². The standard InChI is InChI=1S/C23H29BFN2O4S/c1-26(24-30-2)19-9-12-27(16-19)11-8-17-10-13-31-23-15-21(6-7-22(17)23)32(28,29)20-5-3-4-18(25)14-20/h3-7,14-15,17,19H,8-13,16H2,1-2H3. The number of hydrogen-bond acceptors (Lipinski definition) is 6. The van der Waals surface area contributed by atoms with Gasteiger partial charge in [0.15, 0.2) is 0 Å². The van der Waals surface area contributed by atoms with E-state index in [4.69, 9.17) is 9.39 Å². The molecule has 32 heavy (non-hydrogen) atoms. The van der Waals surface area contributed by atoms with Gasteiger partial charge < -0.3 is 19.1 Å². The highest BCUT2D eigenvalue weighted by Crippen LogP contribution is 2.38. The average Bonchev–Trinajstić information content (AvgIpc) is 3.26. The van der Waals surface area contributed by atoms with Gasteiger partial charge in [-0.1, -0.05) is 12.1 Å². The molecule has 2 aliphatic heterocycles. The molecule has 2 aromatic carbocycles. The first-order chi connectivity index (χ1) is 15.4. The van der Waals surface area contributed by atoms with E-state index in [9.17, 15) is 12.8 Å². The maximum Gasteiger partial charge on any atom is 0.398 e. The van der Waals surface area contributed by atoms with Gasteiger partial charge in [0.2, 0.25) is 9.84 Å². The Balaban J connectivity index is 1.44. The third-order valence-corrected chi connectivity index (χ3v) is 8.20. The highest BCUT2D eigenvalue weighted by Gasteiger charge is 2.29. The molecule has 4 rings (SSSR count). The molecule has 0 N–H and O–H groups in total. The molecule has 0 amide bonds. The Morgan fingerprint density at radius 1 is 1.22 bits per heavy atom. The number of rotatable bonds is 8. The fourth-order valence-corrected chi connectivity index (χ4v) is 5.93. The van der Waals surface area contributed by atoms with Crippen molar-refractivity contribution in [1.82, 2.24) is 9.71 Å². The number of hydrogen-bond donors (Lipinski definition) is 0. The van der Waals surface area contributed by atoms with Crippen LogP contribution in [0.15, 0.2) is 52.3 Å². The average molecular weight is 459 g/mol. The van der Waals surface area contributed by atoms with Gasteiger partial charge in [-0.25, -0.2) is 12.8 Å². The second kappa shape index (κ2) is 9.91. The van der Waals surface area contributed by atoms with Crippen LogP contribution in [-0.2, 0) is 14.5 Å². The van der Waals surface area contributed by atoms with Crippen LogP contribution in [0.3, 0.4) is 0 Å². The van der Waals surface area contributed by atoms with E-state index in [2.05, 4.69) is 9.71 Å². The molecule has 0 bridgehead atoms. The van der Waals surface area contributed by atoms with Gasteiger partial charge in [-0.15, -0.1) is 0 Å². The van der Waals surface area contributed by atoms with Gasteiger partial charge in [0.25, 0.3) is 0 Å². The van der Waals surface area contributed by atoms with Gasteiger partial charge in [0.1, 0.15) is 11.6 Å². The van der Waals surface area contributed by atoms with Gasteiger partial charge in [-0.05, 0) is 81.2 Å². The summed E-state index contributed by atoms with van der Waals surface area (Å²) >= 11 is 0. The maximum atomic E-state index is 13.6. The van der Waals surface area contributed by atoms with E-state index in [1.165, 1.54) is 18.2 Å². The molecule has 2 unspecified atom stereocenters. The maximum absolute atomic E-state index is 13.6. The highest BCUT2D eigenvalue weighted by molar-refractivity contribution is 7.91. The van der Waals surface area contributed by atoms with E-state index in [-0.39, 0.29) is 9.79 Å². The van der Waals surface area contributed by atoms with E-state index < -0.39 is 15.7 Å². The van der Waals surface area contributed by atoms with E-state index in [1.807, 2.05) is 13.1 Å². The van der Waals surface area contributed by atoms with E-state index in [0.717, 1.165) is 50.5 Å². The van der Waals surface area contributed by atoms with Crippen molar-refractivity contribution in [3.8, 4) is 5.75 Å². The van der Waals surface area contributed by atoms with Crippen molar-refractivity contribution in [3.05, 3.63) is 53.8 Å². The van der Waals surface area contributed by atoms with Crippen LogP contribution in [0, 0.1) is 5.82 Å². The fourth-order valence-electron chi connectivity index (χ4n) is 4.62. The summed E-state index contributed by atoms with van der Waals surface area (Å²) in [6, 6.07) is 10.6. The summed E-state index contributed by atoms with van der Waals surface area (Å²) in [5.74, 6) is 0.371. The molecule has 2 aliphatic rings. The van der Waals surface area contributed by atoms with E-state index in [0.29, 0.717) is 24.3 Å². The molecule has 6 nitrogen and oxygen atoms in total. The predicted octanol–water partition coefficient (Wildman–Crippen LogP) is 3.10. The Morgan fingerprint density at radius 2 is 2.03 bits per heavy atom. The minimum atomic E-state index is -3.80. The third-order valence-electron chi connectivity index (χ3n) is 6.45. The number of fused-ring (bicyclic) bond motifs is 1. The Hall–Kier alpha value is -1.94. The van der Waals surface area contributed by atoms with Crippen molar-refractivity contribution < 1.29 is 22.2 Å². The van der Waals surface area contributed by atoms with Gasteiger partial charge in [0, 0.05) is 19.7 Å². The van der Waals surface area contributed by atoms with Crippen LogP contribution < -0.4 is 4.74 Å². The number of nitrogens with zero attached hydrogens (tertiary/aromatic N) is 2. The molecule has 0 aliphatic carbocycles. The topological polar surface area (TPSA) is 59.1 Å². The largest absolute Gasteiger partial charge is 0.493 e. The van der Waals surface area contributed by atoms with Crippen LogP contribution in [0.1, 0.15) is 30.7 Å². The Morgan fingerprint density at radius 3 is 2.81 bits per heavy atom. The van der Waals surface area contributed by atoms with Crippen LogP contribution >= 0.6 is 0 Å². The van der Waals surface area contributed by atoms with Crippen molar-refractivity contribution in [2.24, 2.45) is 0 Å². The Kier molecular flexibility index (Phi) is 7.19. The van der Waals surface area contributed by atoms with E-state index >= 15 is 0 Å². The Bertz CT molecular complexity index is 1050. The molecule has 1 fully saturated rings. The second-order valence-electron chi connectivity index (χ2n) is 8.53. The molecule has 9 heteroatoms. The molecule has 171 valence electrons. The fraction of sp³-hybridized carbons (Fsp3) is 0.478. The molecule has 0 spiro atoms. The van der Waals surface area contributed by atoms with Crippen LogP contribution in [0.4, 0.5) is 4.39 Å². The molecule has 0 saturated carbocycles. The van der Waals surface area contributed by atoms with Crippen LogP contribution in [0.5, 0.6) is 5.75 Å². The first-order valence-corrected chi connectivity index (χ1v) is 12.4. The smallest absolute Gasteiger partial charge is 0.398 e. The molecular formula is C23H29BFN2O4S. The molecule has 0 aromatic heterocycles. The third kappa shape index (κ3) is 5.01. The normalized spacial score (nSPS) is 21.4. The number of benzene rings is 2. The summed E-state index contributed by atoms with van der Waals surface area (Å²) in [4.78, 5) is 4.68.